The largest absolute Gasteiger partial charge is 0.378 e. The van der Waals surface area contributed by atoms with Crippen molar-refractivity contribution in [3.8, 4) is 0 Å². The van der Waals surface area contributed by atoms with Crippen LogP contribution < -0.4 is 4.90 Å². The molecule has 0 atom stereocenters. The van der Waals surface area contributed by atoms with E-state index in [0.717, 1.165) is 42.6 Å². The fourth-order valence-electron chi connectivity index (χ4n) is 2.39. The highest BCUT2D eigenvalue weighted by molar-refractivity contribution is 9.10. The molecule has 0 bridgehead atoms. The van der Waals surface area contributed by atoms with Gasteiger partial charge in [-0.25, -0.2) is 0 Å². The topological polar surface area (TPSA) is 12.5 Å². The summed E-state index contributed by atoms with van der Waals surface area (Å²) in [5, 5.41) is 0. The second-order valence-electron chi connectivity index (χ2n) is 4.56. The average Bonchev–Trinajstić information content (AvgIpc) is 2.40. The highest BCUT2D eigenvalue weighted by atomic mass is 79.9. The van der Waals surface area contributed by atoms with E-state index in [2.05, 4.69) is 46.0 Å². The number of piperidine rings is 1. The number of benzene rings is 1. The Morgan fingerprint density at radius 3 is 2.67 bits per heavy atom. The van der Waals surface area contributed by atoms with Gasteiger partial charge in [0.2, 0.25) is 0 Å². The molecule has 1 aromatic carbocycles. The van der Waals surface area contributed by atoms with Crippen LogP contribution in [0.4, 0.5) is 5.69 Å². The van der Waals surface area contributed by atoms with Gasteiger partial charge in [-0.1, -0.05) is 6.07 Å². The summed E-state index contributed by atoms with van der Waals surface area (Å²) in [7, 11) is 0. The number of hydrogen-bond acceptors (Lipinski definition) is 2. The molecule has 0 amide bonds. The van der Waals surface area contributed by atoms with E-state index in [4.69, 9.17) is 16.3 Å². The van der Waals surface area contributed by atoms with Crippen LogP contribution in [0, 0.1) is 0 Å². The van der Waals surface area contributed by atoms with Crippen molar-refractivity contribution in [3.05, 3.63) is 28.2 Å². The standard InChI is InChI=1S/C14H19BrClNO/c1-2-18-12-5-7-17(8-6-12)14-4-3-11(10-16)9-13(14)15/h3-4,9,12H,2,5-8,10H2,1H3. The van der Waals surface area contributed by atoms with Gasteiger partial charge in [-0.15, -0.1) is 11.6 Å². The number of halogens is 2. The molecule has 0 aliphatic carbocycles. The number of nitrogens with zero attached hydrogens (tertiary/aromatic N) is 1. The summed E-state index contributed by atoms with van der Waals surface area (Å²) in [6.07, 6.45) is 2.65. The first-order valence-corrected chi connectivity index (χ1v) is 7.78. The van der Waals surface area contributed by atoms with Gasteiger partial charge in [0.05, 0.1) is 11.8 Å². The van der Waals surface area contributed by atoms with E-state index < -0.39 is 0 Å². The fraction of sp³-hybridized carbons (Fsp3) is 0.571. The summed E-state index contributed by atoms with van der Waals surface area (Å²) >= 11 is 9.48. The van der Waals surface area contributed by atoms with Crippen molar-refractivity contribution in [1.29, 1.82) is 0 Å². The molecule has 1 aromatic rings. The molecule has 0 spiro atoms. The zero-order valence-electron chi connectivity index (χ0n) is 10.7. The number of hydrogen-bond donors (Lipinski definition) is 0. The van der Waals surface area contributed by atoms with Gasteiger partial charge in [-0.3, -0.25) is 0 Å². The van der Waals surface area contributed by atoms with Crippen LogP contribution in [-0.4, -0.2) is 25.8 Å². The Hall–Kier alpha value is -0.250. The van der Waals surface area contributed by atoms with Crippen LogP contribution in [0.5, 0.6) is 0 Å². The van der Waals surface area contributed by atoms with E-state index in [-0.39, 0.29) is 0 Å². The predicted molar refractivity (Wildman–Crippen MR) is 80.6 cm³/mol. The van der Waals surface area contributed by atoms with E-state index in [1.807, 2.05) is 0 Å². The Labute approximate surface area is 122 Å². The Morgan fingerprint density at radius 1 is 1.39 bits per heavy atom. The molecule has 2 nitrogen and oxygen atoms in total. The van der Waals surface area contributed by atoms with Crippen molar-refractivity contribution in [1.82, 2.24) is 0 Å². The lowest BCUT2D eigenvalue weighted by Gasteiger charge is -2.34. The maximum Gasteiger partial charge on any atom is 0.0608 e. The first kappa shape index (κ1) is 14.2. The summed E-state index contributed by atoms with van der Waals surface area (Å²) in [6.45, 7) is 5.00. The lowest BCUT2D eigenvalue weighted by atomic mass is 10.1. The van der Waals surface area contributed by atoms with Gasteiger partial charge in [-0.05, 0) is 53.4 Å². The molecule has 4 heteroatoms. The van der Waals surface area contributed by atoms with Gasteiger partial charge in [0, 0.05) is 30.0 Å². The lowest BCUT2D eigenvalue weighted by Crippen LogP contribution is -2.37. The van der Waals surface area contributed by atoms with Crippen molar-refractivity contribution in [2.75, 3.05) is 24.6 Å². The van der Waals surface area contributed by atoms with Gasteiger partial charge in [0.15, 0.2) is 0 Å². The minimum absolute atomic E-state index is 0.437. The SMILES string of the molecule is CCOC1CCN(c2ccc(CCl)cc2Br)CC1. The smallest absolute Gasteiger partial charge is 0.0608 e. The molecule has 100 valence electrons. The van der Waals surface area contributed by atoms with Crippen LogP contribution in [0.1, 0.15) is 25.3 Å². The first-order chi connectivity index (χ1) is 8.74. The second kappa shape index (κ2) is 6.78. The Bertz CT molecular complexity index is 391. The monoisotopic (exact) mass is 331 g/mol. The third-order valence-corrected chi connectivity index (χ3v) is 4.30. The van der Waals surface area contributed by atoms with Crippen LogP contribution in [0.15, 0.2) is 22.7 Å². The summed E-state index contributed by atoms with van der Waals surface area (Å²) in [6, 6.07) is 6.36. The van der Waals surface area contributed by atoms with Crippen LogP contribution in [0.25, 0.3) is 0 Å². The first-order valence-electron chi connectivity index (χ1n) is 6.45. The molecule has 2 rings (SSSR count). The van der Waals surface area contributed by atoms with Crippen molar-refractivity contribution >= 4 is 33.2 Å². The Balaban J connectivity index is 2.01. The van der Waals surface area contributed by atoms with E-state index in [1.54, 1.807) is 0 Å². The summed E-state index contributed by atoms with van der Waals surface area (Å²) in [5.41, 5.74) is 2.41. The zero-order chi connectivity index (χ0) is 13.0. The molecule has 0 aromatic heterocycles. The molecular formula is C14H19BrClNO. The minimum atomic E-state index is 0.437. The summed E-state index contributed by atoms with van der Waals surface area (Å²) < 4.78 is 6.81. The second-order valence-corrected chi connectivity index (χ2v) is 5.68. The van der Waals surface area contributed by atoms with E-state index in [9.17, 15) is 0 Å². The van der Waals surface area contributed by atoms with E-state index >= 15 is 0 Å². The Morgan fingerprint density at radius 2 is 2.11 bits per heavy atom. The molecular weight excluding hydrogens is 314 g/mol. The molecule has 1 saturated heterocycles. The van der Waals surface area contributed by atoms with Gasteiger partial charge >= 0.3 is 0 Å². The predicted octanol–water partition coefficient (Wildman–Crippen LogP) is 4.19. The quantitative estimate of drug-likeness (QED) is 0.766. The molecule has 0 radical (unpaired) electrons. The van der Waals surface area contributed by atoms with Gasteiger partial charge in [-0.2, -0.15) is 0 Å². The third-order valence-electron chi connectivity index (χ3n) is 3.35. The van der Waals surface area contributed by atoms with Crippen LogP contribution >= 0.6 is 27.5 Å². The molecule has 0 saturated carbocycles. The van der Waals surface area contributed by atoms with Crippen LogP contribution in [-0.2, 0) is 10.6 Å². The zero-order valence-corrected chi connectivity index (χ0v) is 13.0. The normalized spacial score (nSPS) is 17.2. The van der Waals surface area contributed by atoms with Gasteiger partial charge in [0.1, 0.15) is 0 Å². The number of anilines is 1. The lowest BCUT2D eigenvalue weighted by molar-refractivity contribution is 0.0459. The number of rotatable bonds is 4. The van der Waals surface area contributed by atoms with Gasteiger partial charge < -0.3 is 9.64 Å². The Kier molecular flexibility index (Phi) is 5.34. The number of alkyl halides is 1. The molecule has 1 fully saturated rings. The molecule has 1 aliphatic rings. The van der Waals surface area contributed by atoms with E-state index in [0.29, 0.717) is 12.0 Å². The van der Waals surface area contributed by atoms with Crippen molar-refractivity contribution in [2.24, 2.45) is 0 Å². The highest BCUT2D eigenvalue weighted by Crippen LogP contribution is 2.30. The van der Waals surface area contributed by atoms with Crippen LogP contribution in [0.2, 0.25) is 0 Å². The van der Waals surface area contributed by atoms with E-state index in [1.165, 1.54) is 5.69 Å². The average molecular weight is 333 g/mol. The van der Waals surface area contributed by atoms with Crippen molar-refractivity contribution in [3.63, 3.8) is 0 Å². The number of ether oxygens (including phenoxy) is 1. The van der Waals surface area contributed by atoms with Gasteiger partial charge in [0.25, 0.3) is 0 Å². The molecule has 0 N–H and O–H groups in total. The summed E-state index contributed by atoms with van der Waals surface area (Å²) in [4.78, 5) is 2.41. The molecule has 18 heavy (non-hydrogen) atoms. The molecule has 0 unspecified atom stereocenters. The van der Waals surface area contributed by atoms with Crippen molar-refractivity contribution < 1.29 is 4.74 Å². The fourth-order valence-corrected chi connectivity index (χ4v) is 3.23. The molecule has 1 heterocycles. The highest BCUT2D eigenvalue weighted by Gasteiger charge is 2.20. The minimum Gasteiger partial charge on any atom is -0.378 e. The summed E-state index contributed by atoms with van der Waals surface area (Å²) in [5.74, 6) is 0.561. The third kappa shape index (κ3) is 3.40. The molecule has 1 aliphatic heterocycles. The van der Waals surface area contributed by atoms with Crippen molar-refractivity contribution in [2.45, 2.75) is 31.7 Å². The van der Waals surface area contributed by atoms with Crippen LogP contribution in [0.3, 0.4) is 0 Å². The maximum atomic E-state index is 5.84. The maximum absolute atomic E-state index is 5.84.